The molecule has 6 rings (SSSR count). The molecule has 2 aromatic heterocycles. The van der Waals surface area contributed by atoms with E-state index < -0.39 is 34.4 Å². The maximum atomic E-state index is 13.5. The SMILES string of the molecule is O=C(CN1C(=O)c2ccccc2S1(=O)=O)N1N=C2/C(=C\c3ccco3)CCCC2C1c1ccco1. The molecule has 9 nitrogen and oxygen atoms in total. The molecule has 2 atom stereocenters. The van der Waals surface area contributed by atoms with Crippen molar-refractivity contribution in [1.29, 1.82) is 0 Å². The fourth-order valence-electron chi connectivity index (χ4n) is 5.07. The lowest BCUT2D eigenvalue weighted by Gasteiger charge is -2.28. The number of fused-ring (bicyclic) bond motifs is 2. The first kappa shape index (κ1) is 21.6. The van der Waals surface area contributed by atoms with Crippen LogP contribution >= 0.6 is 0 Å². The van der Waals surface area contributed by atoms with E-state index in [0.29, 0.717) is 15.8 Å². The molecule has 1 fully saturated rings. The summed E-state index contributed by atoms with van der Waals surface area (Å²) >= 11 is 0. The standard InChI is InChI=1S/C25H21N3O6S/c29-22(15-27-25(30)18-8-1-2-11-21(18)35(27,31)32)28-24(20-10-5-13-34-20)19-9-3-6-16(23(19)26-28)14-17-7-4-12-33-17/h1-2,4-5,7-8,10-14,19,24H,3,6,9,15H2/b16-14-. The minimum Gasteiger partial charge on any atom is -0.467 e. The van der Waals surface area contributed by atoms with E-state index in [0.717, 1.165) is 30.5 Å². The molecule has 1 saturated carbocycles. The Morgan fingerprint density at radius 2 is 1.89 bits per heavy atom. The summed E-state index contributed by atoms with van der Waals surface area (Å²) in [5.41, 5.74) is 1.77. The monoisotopic (exact) mass is 491 g/mol. The van der Waals surface area contributed by atoms with Crippen molar-refractivity contribution in [2.45, 2.75) is 30.2 Å². The summed E-state index contributed by atoms with van der Waals surface area (Å²) in [5, 5.41) is 5.95. The van der Waals surface area contributed by atoms with Crippen molar-refractivity contribution in [3.63, 3.8) is 0 Å². The van der Waals surface area contributed by atoms with Crippen LogP contribution in [0.2, 0.25) is 0 Å². The molecule has 1 aliphatic carbocycles. The smallest absolute Gasteiger partial charge is 0.269 e. The second-order valence-corrected chi connectivity index (χ2v) is 10.5. The highest BCUT2D eigenvalue weighted by molar-refractivity contribution is 7.90. The van der Waals surface area contributed by atoms with Gasteiger partial charge in [0.2, 0.25) is 0 Å². The van der Waals surface area contributed by atoms with E-state index in [1.54, 1.807) is 36.6 Å². The first-order valence-electron chi connectivity index (χ1n) is 11.3. The molecule has 0 bridgehead atoms. The first-order chi connectivity index (χ1) is 16.9. The van der Waals surface area contributed by atoms with Crippen molar-refractivity contribution in [2.24, 2.45) is 11.0 Å². The van der Waals surface area contributed by atoms with Crippen molar-refractivity contribution < 1.29 is 26.8 Å². The van der Waals surface area contributed by atoms with Crippen molar-refractivity contribution in [1.82, 2.24) is 9.31 Å². The summed E-state index contributed by atoms with van der Waals surface area (Å²) in [6.07, 6.45) is 7.50. The summed E-state index contributed by atoms with van der Waals surface area (Å²) in [5.74, 6) is -0.195. The molecule has 0 N–H and O–H groups in total. The van der Waals surface area contributed by atoms with Gasteiger partial charge in [0.15, 0.2) is 0 Å². The van der Waals surface area contributed by atoms with Gasteiger partial charge in [-0.3, -0.25) is 9.59 Å². The van der Waals surface area contributed by atoms with Gasteiger partial charge in [0.25, 0.3) is 21.8 Å². The Morgan fingerprint density at radius 1 is 1.09 bits per heavy atom. The number of rotatable bonds is 4. The number of benzene rings is 1. The molecule has 0 spiro atoms. The Labute approximate surface area is 201 Å². The normalized spacial score (nSPS) is 23.9. The number of sulfonamides is 1. The van der Waals surface area contributed by atoms with Crippen LogP contribution in [0.3, 0.4) is 0 Å². The van der Waals surface area contributed by atoms with E-state index in [1.807, 2.05) is 12.1 Å². The van der Waals surface area contributed by atoms with E-state index in [4.69, 9.17) is 8.83 Å². The van der Waals surface area contributed by atoms with Crippen LogP contribution in [0.1, 0.15) is 47.2 Å². The third kappa shape index (κ3) is 3.44. The number of hydrazone groups is 1. The van der Waals surface area contributed by atoms with Crippen LogP contribution in [0.4, 0.5) is 0 Å². The number of allylic oxidation sites excluding steroid dienone is 1. The quantitative estimate of drug-likeness (QED) is 0.548. The maximum absolute atomic E-state index is 13.5. The molecule has 0 radical (unpaired) electrons. The third-order valence-electron chi connectivity index (χ3n) is 6.64. The van der Waals surface area contributed by atoms with E-state index in [-0.39, 0.29) is 16.4 Å². The molecular weight excluding hydrogens is 470 g/mol. The minimum absolute atomic E-state index is 0.0629. The van der Waals surface area contributed by atoms with Crippen molar-refractivity contribution in [3.05, 3.63) is 83.7 Å². The van der Waals surface area contributed by atoms with Gasteiger partial charge in [-0.05, 0) is 67.3 Å². The maximum Gasteiger partial charge on any atom is 0.269 e. The first-order valence-corrected chi connectivity index (χ1v) is 12.7. The molecule has 4 heterocycles. The predicted molar refractivity (Wildman–Crippen MR) is 124 cm³/mol. The van der Waals surface area contributed by atoms with E-state index in [9.17, 15) is 18.0 Å². The Morgan fingerprint density at radius 3 is 2.63 bits per heavy atom. The lowest BCUT2D eigenvalue weighted by atomic mass is 9.79. The molecule has 1 aromatic carbocycles. The largest absolute Gasteiger partial charge is 0.467 e. The van der Waals surface area contributed by atoms with E-state index in [1.165, 1.54) is 23.4 Å². The molecule has 3 aliphatic rings. The Hall–Kier alpha value is -3.92. The van der Waals surface area contributed by atoms with Gasteiger partial charge in [-0.15, -0.1) is 0 Å². The number of carbonyl (C=O) groups excluding carboxylic acids is 2. The van der Waals surface area contributed by atoms with Crippen LogP contribution in [0.15, 0.2) is 85.5 Å². The lowest BCUT2D eigenvalue weighted by Crippen LogP contribution is -2.41. The second-order valence-electron chi connectivity index (χ2n) is 8.68. The Bertz CT molecular complexity index is 1470. The highest BCUT2D eigenvalue weighted by Gasteiger charge is 2.48. The van der Waals surface area contributed by atoms with E-state index in [2.05, 4.69) is 5.10 Å². The number of nitrogens with zero attached hydrogens (tertiary/aromatic N) is 3. The van der Waals surface area contributed by atoms with Crippen LogP contribution < -0.4 is 0 Å². The summed E-state index contributed by atoms with van der Waals surface area (Å²) < 4.78 is 37.8. The third-order valence-corrected chi connectivity index (χ3v) is 8.43. The average molecular weight is 492 g/mol. The van der Waals surface area contributed by atoms with Crippen LogP contribution in [0.5, 0.6) is 0 Å². The highest BCUT2D eigenvalue weighted by atomic mass is 32.2. The molecule has 2 unspecified atom stereocenters. The zero-order chi connectivity index (χ0) is 24.2. The summed E-state index contributed by atoms with van der Waals surface area (Å²) in [6.45, 7) is -0.645. The summed E-state index contributed by atoms with van der Waals surface area (Å²) in [4.78, 5) is 26.3. The van der Waals surface area contributed by atoms with Gasteiger partial charge < -0.3 is 8.83 Å². The van der Waals surface area contributed by atoms with Crippen molar-refractivity contribution >= 4 is 33.6 Å². The van der Waals surface area contributed by atoms with Gasteiger partial charge >= 0.3 is 0 Å². The summed E-state index contributed by atoms with van der Waals surface area (Å²) in [6, 6.07) is 12.6. The van der Waals surface area contributed by atoms with E-state index >= 15 is 0 Å². The molecule has 178 valence electrons. The van der Waals surface area contributed by atoms with Gasteiger partial charge in [-0.25, -0.2) is 17.7 Å². The fraction of sp³-hybridized carbons (Fsp3) is 0.240. The fourth-order valence-corrected chi connectivity index (χ4v) is 6.59. The summed E-state index contributed by atoms with van der Waals surface area (Å²) in [7, 11) is -4.12. The van der Waals surface area contributed by atoms with Gasteiger partial charge in [0, 0.05) is 5.92 Å². The van der Waals surface area contributed by atoms with Crippen molar-refractivity contribution in [2.75, 3.05) is 6.54 Å². The molecule has 3 aromatic rings. The minimum atomic E-state index is -4.12. The molecule has 2 amide bonds. The van der Waals surface area contributed by atoms with Crippen LogP contribution in [-0.2, 0) is 14.8 Å². The van der Waals surface area contributed by atoms with Crippen molar-refractivity contribution in [3.8, 4) is 0 Å². The second kappa shape index (κ2) is 8.09. The lowest BCUT2D eigenvalue weighted by molar-refractivity contribution is -0.133. The predicted octanol–water partition coefficient (Wildman–Crippen LogP) is 3.84. The number of carbonyl (C=O) groups is 2. The molecule has 0 saturated heterocycles. The van der Waals surface area contributed by atoms with Gasteiger partial charge in [0.05, 0.1) is 23.8 Å². The Balaban J connectivity index is 1.36. The zero-order valence-electron chi connectivity index (χ0n) is 18.5. The average Bonchev–Trinajstić information content (AvgIpc) is 3.64. The zero-order valence-corrected chi connectivity index (χ0v) is 19.3. The molecule has 2 aliphatic heterocycles. The number of amides is 2. The van der Waals surface area contributed by atoms with Crippen LogP contribution in [-0.4, -0.2) is 41.8 Å². The van der Waals surface area contributed by atoms with Crippen LogP contribution in [0, 0.1) is 5.92 Å². The topological polar surface area (TPSA) is 113 Å². The highest BCUT2D eigenvalue weighted by Crippen LogP contribution is 2.44. The number of furan rings is 2. The van der Waals surface area contributed by atoms with Gasteiger partial charge in [0.1, 0.15) is 29.0 Å². The number of hydrogen-bond donors (Lipinski definition) is 0. The van der Waals surface area contributed by atoms with Gasteiger partial charge in [-0.2, -0.15) is 5.10 Å². The van der Waals surface area contributed by atoms with Gasteiger partial charge in [-0.1, -0.05) is 12.1 Å². The Kier molecular flexibility index (Phi) is 4.99. The molecule has 35 heavy (non-hydrogen) atoms. The molecule has 10 heteroatoms. The molecular formula is C25H21N3O6S. The number of hydrogen-bond acceptors (Lipinski definition) is 7. The van der Waals surface area contributed by atoms with Crippen LogP contribution in [0.25, 0.3) is 6.08 Å².